The Balaban J connectivity index is 1.82. The van der Waals surface area contributed by atoms with Crippen molar-refractivity contribution in [1.29, 1.82) is 0 Å². The first-order valence-corrected chi connectivity index (χ1v) is 9.73. The Morgan fingerprint density at radius 2 is 2.18 bits per heavy atom. The first-order valence-electron chi connectivity index (χ1n) is 7.67. The standard InChI is InChI=1S/C14H26N4O3S/c1-11(2)14-15-13(16-21-14)10-17(3)12-5-6-18(9-12)7-8-22(4,19)20/h11-12H,5-10H2,1-4H3/t12-/m1/s1. The maximum absolute atomic E-state index is 11.2. The molecule has 1 atom stereocenters. The van der Waals surface area contributed by atoms with Crippen molar-refractivity contribution >= 4 is 9.84 Å². The van der Waals surface area contributed by atoms with Gasteiger partial charge in [-0.2, -0.15) is 4.98 Å². The summed E-state index contributed by atoms with van der Waals surface area (Å²) in [7, 11) is -0.839. The van der Waals surface area contributed by atoms with Gasteiger partial charge in [-0.25, -0.2) is 8.42 Å². The molecule has 22 heavy (non-hydrogen) atoms. The number of likely N-dealkylation sites (N-methyl/N-ethyl adjacent to an activating group) is 1. The molecule has 126 valence electrons. The molecule has 8 heteroatoms. The number of nitrogens with zero attached hydrogens (tertiary/aromatic N) is 4. The Morgan fingerprint density at radius 1 is 1.45 bits per heavy atom. The van der Waals surface area contributed by atoms with Crippen molar-refractivity contribution in [1.82, 2.24) is 19.9 Å². The molecule has 0 saturated carbocycles. The van der Waals surface area contributed by atoms with Gasteiger partial charge in [0.15, 0.2) is 5.82 Å². The van der Waals surface area contributed by atoms with Crippen LogP contribution in [0.1, 0.15) is 37.9 Å². The molecule has 0 amide bonds. The summed E-state index contributed by atoms with van der Waals surface area (Å²) in [5, 5.41) is 4.02. The highest BCUT2D eigenvalue weighted by molar-refractivity contribution is 7.90. The monoisotopic (exact) mass is 330 g/mol. The van der Waals surface area contributed by atoms with E-state index in [0.717, 1.165) is 19.5 Å². The van der Waals surface area contributed by atoms with Gasteiger partial charge in [0.25, 0.3) is 0 Å². The second-order valence-electron chi connectivity index (χ2n) is 6.49. The van der Waals surface area contributed by atoms with Crippen molar-refractivity contribution in [3.05, 3.63) is 11.7 Å². The second-order valence-corrected chi connectivity index (χ2v) is 8.75. The van der Waals surface area contributed by atoms with E-state index in [-0.39, 0.29) is 11.7 Å². The summed E-state index contributed by atoms with van der Waals surface area (Å²) in [6.45, 7) is 7.15. The fourth-order valence-electron chi connectivity index (χ4n) is 2.59. The zero-order valence-electron chi connectivity index (χ0n) is 13.8. The molecule has 0 spiro atoms. The van der Waals surface area contributed by atoms with E-state index in [1.54, 1.807) is 0 Å². The summed E-state index contributed by atoms with van der Waals surface area (Å²) in [6.07, 6.45) is 2.32. The highest BCUT2D eigenvalue weighted by Gasteiger charge is 2.27. The maximum atomic E-state index is 11.2. The van der Waals surface area contributed by atoms with Crippen LogP contribution in [0, 0.1) is 0 Å². The van der Waals surface area contributed by atoms with Crippen molar-refractivity contribution in [2.75, 3.05) is 38.7 Å². The van der Waals surface area contributed by atoms with Crippen LogP contribution in [0.2, 0.25) is 0 Å². The molecule has 1 aromatic heterocycles. The molecule has 2 rings (SSSR count). The number of likely N-dealkylation sites (tertiary alicyclic amines) is 1. The Morgan fingerprint density at radius 3 is 2.77 bits per heavy atom. The largest absolute Gasteiger partial charge is 0.339 e. The van der Waals surface area contributed by atoms with Crippen molar-refractivity contribution in [3.63, 3.8) is 0 Å². The van der Waals surface area contributed by atoms with E-state index in [1.165, 1.54) is 6.26 Å². The predicted molar refractivity (Wildman–Crippen MR) is 84.4 cm³/mol. The summed E-state index contributed by atoms with van der Waals surface area (Å²) in [5.74, 6) is 1.85. The van der Waals surface area contributed by atoms with Gasteiger partial charge in [-0.15, -0.1) is 0 Å². The molecular formula is C14H26N4O3S. The molecule has 0 N–H and O–H groups in total. The lowest BCUT2D eigenvalue weighted by atomic mass is 10.2. The van der Waals surface area contributed by atoms with E-state index < -0.39 is 9.84 Å². The Labute approximate surface area is 132 Å². The molecule has 1 aliphatic rings. The van der Waals surface area contributed by atoms with E-state index in [4.69, 9.17) is 4.52 Å². The lowest BCUT2D eigenvalue weighted by molar-refractivity contribution is 0.220. The molecule has 1 saturated heterocycles. The number of hydrogen-bond donors (Lipinski definition) is 0. The molecule has 0 bridgehead atoms. The number of sulfone groups is 1. The molecular weight excluding hydrogens is 304 g/mol. The second kappa shape index (κ2) is 7.06. The van der Waals surface area contributed by atoms with E-state index in [0.29, 0.717) is 30.8 Å². The third kappa shape index (κ3) is 5.03. The van der Waals surface area contributed by atoms with Gasteiger partial charge in [0, 0.05) is 31.3 Å². The molecule has 7 nitrogen and oxygen atoms in total. The lowest BCUT2D eigenvalue weighted by Gasteiger charge is -2.23. The van der Waals surface area contributed by atoms with Gasteiger partial charge < -0.3 is 9.42 Å². The van der Waals surface area contributed by atoms with E-state index in [9.17, 15) is 8.42 Å². The zero-order chi connectivity index (χ0) is 16.3. The van der Waals surface area contributed by atoms with Crippen LogP contribution in [-0.2, 0) is 16.4 Å². The number of rotatable bonds is 7. The minimum absolute atomic E-state index is 0.228. The first kappa shape index (κ1) is 17.4. The summed E-state index contributed by atoms with van der Waals surface area (Å²) >= 11 is 0. The van der Waals surface area contributed by atoms with E-state index in [1.807, 2.05) is 13.8 Å². The van der Waals surface area contributed by atoms with Gasteiger partial charge in [0.05, 0.1) is 12.3 Å². The Hall–Kier alpha value is -0.990. The molecule has 0 unspecified atom stereocenters. The van der Waals surface area contributed by atoms with E-state index in [2.05, 4.69) is 27.0 Å². The Kier molecular flexibility index (Phi) is 5.57. The summed E-state index contributed by atoms with van der Waals surface area (Å²) in [5.41, 5.74) is 0. The van der Waals surface area contributed by atoms with Crippen molar-refractivity contribution < 1.29 is 12.9 Å². The third-order valence-corrected chi connectivity index (χ3v) is 4.94. The van der Waals surface area contributed by atoms with Crippen LogP contribution < -0.4 is 0 Å². The van der Waals surface area contributed by atoms with Crippen LogP contribution in [0.5, 0.6) is 0 Å². The quantitative estimate of drug-likeness (QED) is 0.729. The summed E-state index contributed by atoms with van der Waals surface area (Å²) in [6, 6.07) is 0.403. The van der Waals surface area contributed by atoms with Crippen LogP contribution in [-0.4, -0.2) is 73.1 Å². The molecule has 0 aromatic carbocycles. The van der Waals surface area contributed by atoms with E-state index >= 15 is 0 Å². The van der Waals surface area contributed by atoms with Gasteiger partial charge in [-0.05, 0) is 20.0 Å². The fraction of sp³-hybridized carbons (Fsp3) is 0.857. The van der Waals surface area contributed by atoms with Crippen molar-refractivity contribution in [2.45, 2.75) is 38.8 Å². The third-order valence-electron chi connectivity index (χ3n) is 4.02. The normalized spacial score (nSPS) is 20.4. The fourth-order valence-corrected chi connectivity index (χ4v) is 3.18. The molecule has 1 aromatic rings. The lowest BCUT2D eigenvalue weighted by Crippen LogP contribution is -2.35. The average Bonchev–Trinajstić information content (AvgIpc) is 3.04. The van der Waals surface area contributed by atoms with Crippen LogP contribution in [0.3, 0.4) is 0 Å². The minimum atomic E-state index is -2.89. The zero-order valence-corrected chi connectivity index (χ0v) is 14.6. The number of aromatic nitrogens is 2. The summed E-state index contributed by atoms with van der Waals surface area (Å²) < 4.78 is 27.7. The van der Waals surface area contributed by atoms with Gasteiger partial charge in [-0.1, -0.05) is 19.0 Å². The van der Waals surface area contributed by atoms with Crippen LogP contribution in [0.4, 0.5) is 0 Å². The van der Waals surface area contributed by atoms with Gasteiger partial charge in [-0.3, -0.25) is 4.90 Å². The highest BCUT2D eigenvalue weighted by Crippen LogP contribution is 2.17. The maximum Gasteiger partial charge on any atom is 0.229 e. The highest BCUT2D eigenvalue weighted by atomic mass is 32.2. The van der Waals surface area contributed by atoms with Crippen LogP contribution in [0.15, 0.2) is 4.52 Å². The number of hydrogen-bond acceptors (Lipinski definition) is 7. The van der Waals surface area contributed by atoms with Crippen molar-refractivity contribution in [3.8, 4) is 0 Å². The van der Waals surface area contributed by atoms with Gasteiger partial charge in [0.2, 0.25) is 5.89 Å². The minimum Gasteiger partial charge on any atom is -0.339 e. The SMILES string of the molecule is CC(C)c1nc(CN(C)[C@@H]2CCN(CCS(C)(=O)=O)C2)no1. The molecule has 0 aliphatic carbocycles. The van der Waals surface area contributed by atoms with Crippen LogP contribution in [0.25, 0.3) is 0 Å². The van der Waals surface area contributed by atoms with Gasteiger partial charge >= 0.3 is 0 Å². The van der Waals surface area contributed by atoms with Gasteiger partial charge in [0.1, 0.15) is 9.84 Å². The predicted octanol–water partition coefficient (Wildman–Crippen LogP) is 0.744. The smallest absolute Gasteiger partial charge is 0.229 e. The van der Waals surface area contributed by atoms with Crippen LogP contribution >= 0.6 is 0 Å². The summed E-state index contributed by atoms with van der Waals surface area (Å²) in [4.78, 5) is 8.82. The average molecular weight is 330 g/mol. The Bertz CT molecular complexity index is 585. The topological polar surface area (TPSA) is 79.5 Å². The molecule has 1 fully saturated rings. The molecule has 2 heterocycles. The molecule has 1 aliphatic heterocycles. The molecule has 0 radical (unpaired) electrons. The first-order chi connectivity index (χ1) is 10.2. The van der Waals surface area contributed by atoms with Crippen molar-refractivity contribution in [2.24, 2.45) is 0 Å².